The molecule has 2 atom stereocenters. The molecule has 0 bridgehead atoms. The van der Waals surface area contributed by atoms with E-state index in [1.54, 1.807) is 0 Å². The number of hydrogen-bond donors (Lipinski definition) is 4. The van der Waals surface area contributed by atoms with E-state index >= 15 is 0 Å². The zero-order chi connectivity index (χ0) is 14.1. The fourth-order valence-electron chi connectivity index (χ4n) is 1.44. The van der Waals surface area contributed by atoms with Gasteiger partial charge in [0.1, 0.15) is 0 Å². The largest absolute Gasteiger partial charge is 0.481 e. The minimum Gasteiger partial charge on any atom is -0.481 e. The minimum atomic E-state index is -1.21. The molecule has 4 N–H and O–H groups in total. The number of carbonyl (C=O) groups is 3. The lowest BCUT2D eigenvalue weighted by molar-refractivity contribution is -0.138. The van der Waals surface area contributed by atoms with Crippen LogP contribution in [0.4, 0.5) is 0 Å². The predicted molar refractivity (Wildman–Crippen MR) is 61.9 cm³/mol. The van der Waals surface area contributed by atoms with Crippen LogP contribution in [-0.4, -0.2) is 45.8 Å². The van der Waals surface area contributed by atoms with Gasteiger partial charge in [-0.1, -0.05) is 6.58 Å². The summed E-state index contributed by atoms with van der Waals surface area (Å²) in [5, 5.41) is 29.1. The number of amides is 1. The van der Waals surface area contributed by atoms with Crippen LogP contribution < -0.4 is 5.32 Å². The maximum Gasteiger partial charge on any atom is 0.305 e. The molecule has 0 aromatic rings. The fraction of sp³-hybridized carbons (Fsp3) is 0.545. The lowest BCUT2D eigenvalue weighted by Gasteiger charge is -2.22. The van der Waals surface area contributed by atoms with Crippen LogP contribution in [0.25, 0.3) is 0 Å². The third kappa shape index (κ3) is 6.64. The molecule has 0 aliphatic rings. The van der Waals surface area contributed by atoms with Gasteiger partial charge in [0.2, 0.25) is 6.41 Å². The maximum absolute atomic E-state index is 10.5. The third-order valence-electron chi connectivity index (χ3n) is 2.36. The summed E-state index contributed by atoms with van der Waals surface area (Å²) in [5.74, 6) is -2.11. The van der Waals surface area contributed by atoms with Crippen molar-refractivity contribution in [1.29, 1.82) is 0 Å². The van der Waals surface area contributed by atoms with Crippen LogP contribution in [0.1, 0.15) is 25.7 Å². The molecule has 0 spiro atoms. The average Bonchev–Trinajstić information content (AvgIpc) is 2.26. The molecule has 7 nitrogen and oxygen atoms in total. The van der Waals surface area contributed by atoms with E-state index in [0.717, 1.165) is 0 Å². The molecule has 0 rings (SSSR count). The van der Waals surface area contributed by atoms with Gasteiger partial charge in [0, 0.05) is 6.42 Å². The maximum atomic E-state index is 10.5. The van der Waals surface area contributed by atoms with Gasteiger partial charge in [0.05, 0.1) is 18.6 Å². The number of carboxylic acids is 2. The van der Waals surface area contributed by atoms with Crippen molar-refractivity contribution in [2.75, 3.05) is 0 Å². The number of carbonyl (C=O) groups excluding carboxylic acids is 1. The second-order valence-corrected chi connectivity index (χ2v) is 3.84. The number of rotatable bonds is 10. The molecule has 0 heterocycles. The molecule has 2 unspecified atom stereocenters. The second kappa shape index (κ2) is 8.24. The fourth-order valence-corrected chi connectivity index (χ4v) is 1.44. The Labute approximate surface area is 104 Å². The zero-order valence-corrected chi connectivity index (χ0v) is 9.83. The number of hydrogen-bond acceptors (Lipinski definition) is 4. The second-order valence-electron chi connectivity index (χ2n) is 3.84. The molecule has 0 saturated carbocycles. The van der Waals surface area contributed by atoms with Crippen molar-refractivity contribution in [3.63, 3.8) is 0 Å². The molecule has 7 heteroatoms. The lowest BCUT2D eigenvalue weighted by Crippen LogP contribution is -2.41. The van der Waals surface area contributed by atoms with Gasteiger partial charge in [-0.3, -0.25) is 14.4 Å². The van der Waals surface area contributed by atoms with Crippen molar-refractivity contribution < 1.29 is 29.7 Å². The van der Waals surface area contributed by atoms with E-state index in [0.29, 0.717) is 18.4 Å². The molecule has 18 heavy (non-hydrogen) atoms. The van der Waals surface area contributed by atoms with Crippen molar-refractivity contribution in [3.05, 3.63) is 12.2 Å². The Morgan fingerprint density at radius 1 is 1.22 bits per heavy atom. The number of aliphatic hydroxyl groups excluding tert-OH is 1. The molecule has 1 amide bonds. The Hall–Kier alpha value is -1.89. The summed E-state index contributed by atoms with van der Waals surface area (Å²) in [6.07, 6.45) is -0.841. The SMILES string of the molecule is C=C(CCCC(=O)O)C(O)C(CC(=O)O)NC=O. The van der Waals surface area contributed by atoms with E-state index in [4.69, 9.17) is 10.2 Å². The Kier molecular flexibility index (Phi) is 7.37. The van der Waals surface area contributed by atoms with E-state index in [9.17, 15) is 19.5 Å². The van der Waals surface area contributed by atoms with Crippen LogP contribution in [-0.2, 0) is 14.4 Å². The van der Waals surface area contributed by atoms with Crippen molar-refractivity contribution in [3.8, 4) is 0 Å². The smallest absolute Gasteiger partial charge is 0.305 e. The normalized spacial score (nSPS) is 13.4. The van der Waals surface area contributed by atoms with E-state index in [-0.39, 0.29) is 12.8 Å². The molecular weight excluding hydrogens is 242 g/mol. The molecule has 0 saturated heterocycles. The van der Waals surface area contributed by atoms with E-state index in [1.165, 1.54) is 0 Å². The molecule has 0 aliphatic carbocycles. The van der Waals surface area contributed by atoms with Crippen molar-refractivity contribution in [2.24, 2.45) is 0 Å². The van der Waals surface area contributed by atoms with Gasteiger partial charge in [-0.15, -0.1) is 0 Å². The van der Waals surface area contributed by atoms with Gasteiger partial charge in [0.15, 0.2) is 0 Å². The summed E-state index contributed by atoms with van der Waals surface area (Å²) in [6, 6.07) is -0.961. The molecule has 0 fully saturated rings. The predicted octanol–water partition coefficient (Wildman–Crippen LogP) is -0.252. The minimum absolute atomic E-state index is 0.0591. The van der Waals surface area contributed by atoms with Gasteiger partial charge in [-0.25, -0.2) is 0 Å². The van der Waals surface area contributed by atoms with Crippen LogP contribution in [0, 0.1) is 0 Å². The molecule has 102 valence electrons. The Morgan fingerprint density at radius 3 is 2.28 bits per heavy atom. The van der Waals surface area contributed by atoms with Gasteiger partial charge >= 0.3 is 11.9 Å². The van der Waals surface area contributed by atoms with Crippen LogP contribution >= 0.6 is 0 Å². The third-order valence-corrected chi connectivity index (χ3v) is 2.36. The van der Waals surface area contributed by atoms with Gasteiger partial charge in [0.25, 0.3) is 0 Å². The highest BCUT2D eigenvalue weighted by molar-refractivity contribution is 5.68. The highest BCUT2D eigenvalue weighted by atomic mass is 16.4. The van der Waals surface area contributed by atoms with Crippen LogP contribution in [0.15, 0.2) is 12.2 Å². The summed E-state index contributed by atoms with van der Waals surface area (Å²) >= 11 is 0. The monoisotopic (exact) mass is 259 g/mol. The summed E-state index contributed by atoms with van der Waals surface area (Å²) < 4.78 is 0. The highest BCUT2D eigenvalue weighted by Crippen LogP contribution is 2.14. The van der Waals surface area contributed by atoms with E-state index in [2.05, 4.69) is 11.9 Å². The molecule has 0 aliphatic heterocycles. The van der Waals surface area contributed by atoms with Gasteiger partial charge < -0.3 is 20.6 Å². The first-order valence-corrected chi connectivity index (χ1v) is 5.37. The number of aliphatic carboxylic acids is 2. The van der Waals surface area contributed by atoms with E-state index in [1.807, 2.05) is 0 Å². The molecule has 0 aromatic carbocycles. The molecule has 0 radical (unpaired) electrons. The van der Waals surface area contributed by atoms with Gasteiger partial charge in [-0.05, 0) is 18.4 Å². The van der Waals surface area contributed by atoms with Crippen molar-refractivity contribution in [2.45, 2.75) is 37.8 Å². The number of nitrogens with one attached hydrogen (secondary N) is 1. The van der Waals surface area contributed by atoms with Gasteiger partial charge in [-0.2, -0.15) is 0 Å². The molecule has 0 aromatic heterocycles. The highest BCUT2D eigenvalue weighted by Gasteiger charge is 2.23. The number of carboxylic acid groups (broad SMARTS) is 2. The quantitative estimate of drug-likeness (QED) is 0.317. The van der Waals surface area contributed by atoms with Crippen molar-refractivity contribution >= 4 is 18.3 Å². The Balaban J connectivity index is 4.31. The summed E-state index contributed by atoms with van der Waals surface area (Å²) in [6.45, 7) is 3.57. The number of aliphatic hydroxyl groups is 1. The average molecular weight is 259 g/mol. The first-order valence-electron chi connectivity index (χ1n) is 5.37. The van der Waals surface area contributed by atoms with Crippen LogP contribution in [0.5, 0.6) is 0 Å². The Bertz CT molecular complexity index is 327. The van der Waals surface area contributed by atoms with Crippen LogP contribution in [0.3, 0.4) is 0 Å². The lowest BCUT2D eigenvalue weighted by atomic mass is 9.97. The summed E-state index contributed by atoms with van der Waals surface area (Å²) in [4.78, 5) is 31.1. The standard InChI is InChI=1S/C11H17NO6/c1-7(3-2-4-9(14)15)11(18)8(12-6-13)5-10(16)17/h6,8,11,18H,1-5H2,(H,12,13)(H,14,15)(H,16,17). The Morgan fingerprint density at radius 2 is 1.83 bits per heavy atom. The first kappa shape index (κ1) is 16.1. The van der Waals surface area contributed by atoms with E-state index < -0.39 is 30.5 Å². The molecular formula is C11H17NO6. The summed E-state index contributed by atoms with van der Waals surface area (Å²) in [5.41, 5.74) is 0.303. The zero-order valence-electron chi connectivity index (χ0n) is 9.83. The van der Waals surface area contributed by atoms with Crippen molar-refractivity contribution in [1.82, 2.24) is 5.32 Å². The first-order chi connectivity index (χ1) is 8.38. The van der Waals surface area contributed by atoms with Crippen LogP contribution in [0.2, 0.25) is 0 Å². The summed E-state index contributed by atoms with van der Waals surface area (Å²) in [7, 11) is 0. The topological polar surface area (TPSA) is 124 Å².